The van der Waals surface area contributed by atoms with Gasteiger partial charge in [0.15, 0.2) is 0 Å². The lowest BCUT2D eigenvalue weighted by atomic mass is 9.83. The number of methoxy groups -OCH3 is 1. The Morgan fingerprint density at radius 2 is 1.94 bits per heavy atom. The van der Waals surface area contributed by atoms with Gasteiger partial charge in [-0.05, 0) is 42.9 Å². The smallest absolute Gasteiger partial charge is 0.222 e. The lowest BCUT2D eigenvalue weighted by molar-refractivity contribution is -0.140. The van der Waals surface area contributed by atoms with Crippen LogP contribution in [0.2, 0.25) is 0 Å². The highest BCUT2D eigenvalue weighted by Gasteiger charge is 2.38. The van der Waals surface area contributed by atoms with Crippen molar-refractivity contribution in [3.63, 3.8) is 0 Å². The van der Waals surface area contributed by atoms with Gasteiger partial charge in [0.05, 0.1) is 7.11 Å². The zero-order valence-electron chi connectivity index (χ0n) is 18.2. The molecule has 4 nitrogen and oxygen atoms in total. The summed E-state index contributed by atoms with van der Waals surface area (Å²) in [6, 6.07) is 15.2. The summed E-state index contributed by atoms with van der Waals surface area (Å²) in [4.78, 5) is 17.1. The molecular weight excluding hydrogens is 391 g/mol. The quantitative estimate of drug-likeness (QED) is 0.663. The van der Waals surface area contributed by atoms with Crippen LogP contribution in [-0.2, 0) is 11.2 Å². The van der Waals surface area contributed by atoms with Crippen molar-refractivity contribution in [2.45, 2.75) is 31.7 Å². The summed E-state index contributed by atoms with van der Waals surface area (Å²) in [5.74, 6) is 1.42. The Kier molecular flexibility index (Phi) is 7.03. The van der Waals surface area contributed by atoms with E-state index in [1.807, 2.05) is 35.2 Å². The van der Waals surface area contributed by atoms with E-state index in [4.69, 9.17) is 4.74 Å². The summed E-state index contributed by atoms with van der Waals surface area (Å²) in [5, 5.41) is 0. The van der Waals surface area contributed by atoms with Gasteiger partial charge >= 0.3 is 0 Å². The molecule has 2 heterocycles. The molecule has 0 aliphatic carbocycles. The van der Waals surface area contributed by atoms with Crippen LogP contribution in [-0.4, -0.2) is 55.0 Å². The zero-order chi connectivity index (χ0) is 21.6. The van der Waals surface area contributed by atoms with Crippen molar-refractivity contribution in [2.24, 2.45) is 5.92 Å². The van der Waals surface area contributed by atoms with E-state index in [-0.39, 0.29) is 17.8 Å². The number of hydrogen-bond acceptors (Lipinski definition) is 3. The number of piperidine rings is 2. The van der Waals surface area contributed by atoms with Crippen molar-refractivity contribution >= 4 is 12.0 Å². The first-order valence-corrected chi connectivity index (χ1v) is 11.2. The average Bonchev–Trinajstić information content (AvgIpc) is 2.80. The minimum Gasteiger partial charge on any atom is -0.496 e. The molecule has 2 aliphatic rings. The number of ether oxygens (including phenoxy) is 1. The number of carbonyl (C=O) groups excluding carboxylic acids is 1. The Labute approximate surface area is 184 Å². The molecule has 0 N–H and O–H groups in total. The van der Waals surface area contributed by atoms with E-state index in [0.717, 1.165) is 43.8 Å². The number of benzene rings is 2. The van der Waals surface area contributed by atoms with Crippen molar-refractivity contribution in [1.82, 2.24) is 9.80 Å². The molecule has 2 fully saturated rings. The molecule has 0 bridgehead atoms. The topological polar surface area (TPSA) is 32.8 Å². The third-order valence-corrected chi connectivity index (χ3v) is 6.61. The Hall–Kier alpha value is -2.66. The molecule has 31 heavy (non-hydrogen) atoms. The molecule has 0 radical (unpaired) electrons. The van der Waals surface area contributed by atoms with Crippen molar-refractivity contribution in [3.05, 3.63) is 71.6 Å². The standard InChI is InChI=1S/C26H31FN2O2/c1-31-25-11-5-3-8-21(25)9-6-16-28-17-15-24-22(19-28)12-13-26(30)29(24)18-14-20-7-2-4-10-23(20)27/h2-11,22,24H,12-19H2,1H3/b9-6+/t22-,24+/m0/s1. The Bertz CT molecular complexity index is 929. The Morgan fingerprint density at radius 3 is 2.77 bits per heavy atom. The Morgan fingerprint density at radius 1 is 1.13 bits per heavy atom. The van der Waals surface area contributed by atoms with Crippen LogP contribution in [0.4, 0.5) is 4.39 Å². The van der Waals surface area contributed by atoms with E-state index in [2.05, 4.69) is 23.1 Å². The van der Waals surface area contributed by atoms with Crippen LogP contribution in [0.25, 0.3) is 6.08 Å². The maximum atomic E-state index is 14.0. The van der Waals surface area contributed by atoms with Crippen LogP contribution in [0.15, 0.2) is 54.6 Å². The van der Waals surface area contributed by atoms with E-state index < -0.39 is 0 Å². The fraction of sp³-hybridized carbons (Fsp3) is 0.423. The predicted octanol–water partition coefficient (Wildman–Crippen LogP) is 4.40. The van der Waals surface area contributed by atoms with Gasteiger partial charge in [-0.15, -0.1) is 0 Å². The van der Waals surface area contributed by atoms with Gasteiger partial charge in [0.1, 0.15) is 11.6 Å². The van der Waals surface area contributed by atoms with Gasteiger partial charge in [-0.3, -0.25) is 9.69 Å². The summed E-state index contributed by atoms with van der Waals surface area (Å²) >= 11 is 0. The van der Waals surface area contributed by atoms with Gasteiger partial charge in [0, 0.05) is 44.2 Å². The number of rotatable bonds is 7. The zero-order valence-corrected chi connectivity index (χ0v) is 18.2. The minimum atomic E-state index is -0.180. The van der Waals surface area contributed by atoms with E-state index in [1.165, 1.54) is 6.07 Å². The first-order chi connectivity index (χ1) is 15.2. The van der Waals surface area contributed by atoms with Gasteiger partial charge < -0.3 is 9.64 Å². The van der Waals surface area contributed by atoms with Crippen LogP contribution >= 0.6 is 0 Å². The SMILES string of the molecule is COc1ccccc1/C=C/CN1CC[C@@H]2[C@@H](CCC(=O)N2CCc2ccccc2F)C1. The number of fused-ring (bicyclic) bond motifs is 1. The van der Waals surface area contributed by atoms with Gasteiger partial charge in [0.2, 0.25) is 5.91 Å². The average molecular weight is 423 g/mol. The molecule has 2 atom stereocenters. The molecule has 164 valence electrons. The summed E-state index contributed by atoms with van der Waals surface area (Å²) in [7, 11) is 1.69. The third-order valence-electron chi connectivity index (χ3n) is 6.61. The highest BCUT2D eigenvalue weighted by Crippen LogP contribution is 2.31. The van der Waals surface area contributed by atoms with Gasteiger partial charge in [0.25, 0.3) is 0 Å². The van der Waals surface area contributed by atoms with Crippen LogP contribution in [0.3, 0.4) is 0 Å². The number of hydrogen-bond donors (Lipinski definition) is 0. The van der Waals surface area contributed by atoms with E-state index in [1.54, 1.807) is 13.2 Å². The number of para-hydroxylation sites is 1. The monoisotopic (exact) mass is 422 g/mol. The van der Waals surface area contributed by atoms with Crippen molar-refractivity contribution in [2.75, 3.05) is 33.3 Å². The number of halogens is 1. The fourth-order valence-electron chi connectivity index (χ4n) is 4.96. The number of likely N-dealkylation sites (tertiary alicyclic amines) is 2. The van der Waals surface area contributed by atoms with Crippen LogP contribution in [0.5, 0.6) is 5.75 Å². The highest BCUT2D eigenvalue weighted by atomic mass is 19.1. The van der Waals surface area contributed by atoms with E-state index in [0.29, 0.717) is 30.9 Å². The molecule has 0 unspecified atom stereocenters. The molecule has 1 amide bonds. The summed E-state index contributed by atoms with van der Waals surface area (Å²) < 4.78 is 19.4. The molecule has 2 aromatic rings. The lowest BCUT2D eigenvalue weighted by Gasteiger charge is -2.47. The highest BCUT2D eigenvalue weighted by molar-refractivity contribution is 5.77. The summed E-state index contributed by atoms with van der Waals surface area (Å²) in [5.41, 5.74) is 1.78. The molecule has 2 aliphatic heterocycles. The van der Waals surface area contributed by atoms with Crippen molar-refractivity contribution < 1.29 is 13.9 Å². The van der Waals surface area contributed by atoms with E-state index >= 15 is 0 Å². The summed E-state index contributed by atoms with van der Waals surface area (Å²) in [6.45, 7) is 3.48. The second-order valence-electron chi connectivity index (χ2n) is 8.49. The number of amides is 1. The molecule has 0 aromatic heterocycles. The molecule has 4 rings (SSSR count). The molecule has 5 heteroatoms. The first-order valence-electron chi connectivity index (χ1n) is 11.2. The molecule has 2 saturated heterocycles. The molecule has 0 saturated carbocycles. The van der Waals surface area contributed by atoms with E-state index in [9.17, 15) is 9.18 Å². The van der Waals surface area contributed by atoms with Crippen molar-refractivity contribution in [3.8, 4) is 5.75 Å². The number of nitrogens with zero attached hydrogens (tertiary/aromatic N) is 2. The third kappa shape index (κ3) is 5.16. The molecule has 0 spiro atoms. The largest absolute Gasteiger partial charge is 0.496 e. The maximum absolute atomic E-state index is 14.0. The second-order valence-corrected chi connectivity index (χ2v) is 8.49. The second kappa shape index (κ2) is 10.1. The normalized spacial score (nSPS) is 22.0. The lowest BCUT2D eigenvalue weighted by Crippen LogP contribution is -2.56. The maximum Gasteiger partial charge on any atom is 0.222 e. The fourth-order valence-corrected chi connectivity index (χ4v) is 4.96. The molecule has 2 aromatic carbocycles. The first kappa shape index (κ1) is 21.6. The predicted molar refractivity (Wildman–Crippen MR) is 121 cm³/mol. The Balaban J connectivity index is 1.33. The van der Waals surface area contributed by atoms with Gasteiger partial charge in [-0.2, -0.15) is 0 Å². The van der Waals surface area contributed by atoms with Crippen LogP contribution in [0, 0.1) is 11.7 Å². The van der Waals surface area contributed by atoms with Crippen molar-refractivity contribution in [1.29, 1.82) is 0 Å². The van der Waals surface area contributed by atoms with Crippen LogP contribution < -0.4 is 4.74 Å². The minimum absolute atomic E-state index is 0.180. The molecular formula is C26H31FN2O2. The van der Waals surface area contributed by atoms with Gasteiger partial charge in [-0.1, -0.05) is 48.6 Å². The number of carbonyl (C=O) groups is 1. The summed E-state index contributed by atoms with van der Waals surface area (Å²) in [6.07, 6.45) is 7.43. The van der Waals surface area contributed by atoms with Crippen LogP contribution in [0.1, 0.15) is 30.4 Å². The van der Waals surface area contributed by atoms with Gasteiger partial charge in [-0.25, -0.2) is 4.39 Å².